The number of hydrogen-bond acceptors (Lipinski definition) is 3. The molecule has 0 radical (unpaired) electrons. The Kier molecular flexibility index (Phi) is 3.18. The summed E-state index contributed by atoms with van der Waals surface area (Å²) in [4.78, 5) is 14.0. The number of fused-ring (bicyclic) bond motifs is 1. The minimum absolute atomic E-state index is 0.271. The Balaban J connectivity index is 1.83. The normalized spacial score (nSPS) is 21.1. The molecule has 0 amide bonds. The largest absolute Gasteiger partial charge is 0.260 e. The summed E-state index contributed by atoms with van der Waals surface area (Å²) in [7, 11) is 0. The van der Waals surface area contributed by atoms with Gasteiger partial charge in [0.2, 0.25) is 0 Å². The van der Waals surface area contributed by atoms with Gasteiger partial charge in [-0.2, -0.15) is 0 Å². The van der Waals surface area contributed by atoms with Crippen LogP contribution in [0.3, 0.4) is 0 Å². The molecule has 0 spiro atoms. The Labute approximate surface area is 129 Å². The van der Waals surface area contributed by atoms with Gasteiger partial charge >= 0.3 is 0 Å². The average Bonchev–Trinajstić information content (AvgIpc) is 3.34. The number of aryl methyl sites for hydroxylation is 1. The molecule has 2 heterocycles. The molecule has 0 aromatic carbocycles. The van der Waals surface area contributed by atoms with Crippen molar-refractivity contribution in [3.8, 4) is 0 Å². The lowest BCUT2D eigenvalue weighted by atomic mass is 9.83. The second-order valence-corrected chi connectivity index (χ2v) is 6.51. The van der Waals surface area contributed by atoms with E-state index in [2.05, 4.69) is 16.0 Å². The first kappa shape index (κ1) is 13.2. The third kappa shape index (κ3) is 2.34. The molecule has 2 aliphatic rings. The van der Waals surface area contributed by atoms with E-state index in [0.717, 1.165) is 29.9 Å². The summed E-state index contributed by atoms with van der Waals surface area (Å²) >= 11 is 6.37. The molecule has 0 saturated heterocycles. The maximum atomic E-state index is 6.37. The van der Waals surface area contributed by atoms with Gasteiger partial charge in [0, 0.05) is 23.6 Å². The third-order valence-corrected chi connectivity index (χ3v) is 4.98. The molecule has 2 aromatic heterocycles. The molecular weight excluding hydrogens is 282 g/mol. The van der Waals surface area contributed by atoms with E-state index in [1.165, 1.54) is 30.5 Å². The summed E-state index contributed by atoms with van der Waals surface area (Å²) in [6, 6.07) is 4.21. The van der Waals surface area contributed by atoms with Gasteiger partial charge in [-0.25, -0.2) is 9.97 Å². The van der Waals surface area contributed by atoms with E-state index in [0.29, 0.717) is 11.1 Å². The first-order valence-electron chi connectivity index (χ1n) is 7.71. The average molecular weight is 300 g/mol. The minimum Gasteiger partial charge on any atom is -0.260 e. The van der Waals surface area contributed by atoms with Crippen LogP contribution in [0.2, 0.25) is 5.15 Å². The van der Waals surface area contributed by atoms with Crippen LogP contribution in [0.5, 0.6) is 0 Å². The predicted molar refractivity (Wildman–Crippen MR) is 82.8 cm³/mol. The highest BCUT2D eigenvalue weighted by Gasteiger charge is 2.31. The van der Waals surface area contributed by atoms with Crippen LogP contribution in [0, 0.1) is 6.92 Å². The molecule has 1 saturated carbocycles. The van der Waals surface area contributed by atoms with Gasteiger partial charge in [0.05, 0.1) is 11.4 Å². The fourth-order valence-electron chi connectivity index (χ4n) is 3.26. The zero-order chi connectivity index (χ0) is 14.4. The number of pyridine rings is 1. The van der Waals surface area contributed by atoms with Crippen molar-refractivity contribution in [2.45, 2.75) is 50.9 Å². The van der Waals surface area contributed by atoms with Crippen molar-refractivity contribution >= 4 is 11.6 Å². The van der Waals surface area contributed by atoms with E-state index >= 15 is 0 Å². The predicted octanol–water partition coefficient (Wildman–Crippen LogP) is 4.18. The summed E-state index contributed by atoms with van der Waals surface area (Å²) in [5.41, 5.74) is 4.65. The molecule has 1 fully saturated rings. The number of rotatable bonds is 2. The maximum absolute atomic E-state index is 6.37. The third-order valence-electron chi connectivity index (χ3n) is 4.61. The van der Waals surface area contributed by atoms with Gasteiger partial charge in [-0.05, 0) is 50.7 Å². The molecule has 2 aromatic rings. The SMILES string of the molecule is Cc1c(Cl)nc(C2CC2)nc1C1CCCc2cccnc21. The second kappa shape index (κ2) is 5.06. The van der Waals surface area contributed by atoms with Crippen LogP contribution in [-0.2, 0) is 6.42 Å². The number of nitrogens with zero attached hydrogens (tertiary/aromatic N) is 3. The lowest BCUT2D eigenvalue weighted by Gasteiger charge is -2.25. The zero-order valence-corrected chi connectivity index (χ0v) is 12.9. The van der Waals surface area contributed by atoms with Crippen LogP contribution in [0.25, 0.3) is 0 Å². The Bertz CT molecular complexity index is 694. The van der Waals surface area contributed by atoms with E-state index in [4.69, 9.17) is 16.6 Å². The molecule has 0 aliphatic heterocycles. The maximum Gasteiger partial charge on any atom is 0.135 e. The Hall–Kier alpha value is -1.48. The molecule has 4 rings (SSSR count). The summed E-state index contributed by atoms with van der Waals surface area (Å²) in [6.45, 7) is 2.03. The van der Waals surface area contributed by atoms with Gasteiger partial charge in [-0.15, -0.1) is 0 Å². The van der Waals surface area contributed by atoms with Crippen molar-refractivity contribution in [2.24, 2.45) is 0 Å². The number of hydrogen-bond donors (Lipinski definition) is 0. The smallest absolute Gasteiger partial charge is 0.135 e. The molecule has 3 nitrogen and oxygen atoms in total. The highest BCUT2D eigenvalue weighted by Crippen LogP contribution is 2.41. The summed E-state index contributed by atoms with van der Waals surface area (Å²) in [6.07, 6.45) is 7.67. The number of halogens is 1. The first-order chi connectivity index (χ1) is 10.2. The fraction of sp³-hybridized carbons (Fsp3) is 0.471. The summed E-state index contributed by atoms with van der Waals surface area (Å²) < 4.78 is 0. The van der Waals surface area contributed by atoms with E-state index in [1.54, 1.807) is 0 Å². The van der Waals surface area contributed by atoms with Gasteiger partial charge in [0.1, 0.15) is 11.0 Å². The van der Waals surface area contributed by atoms with Gasteiger partial charge in [0.15, 0.2) is 0 Å². The van der Waals surface area contributed by atoms with Crippen molar-refractivity contribution in [3.05, 3.63) is 51.8 Å². The minimum atomic E-state index is 0.271. The summed E-state index contributed by atoms with van der Waals surface area (Å²) in [5.74, 6) is 1.73. The molecule has 21 heavy (non-hydrogen) atoms. The lowest BCUT2D eigenvalue weighted by molar-refractivity contribution is 0.580. The molecule has 0 N–H and O–H groups in total. The molecule has 1 unspecified atom stereocenters. The molecule has 4 heteroatoms. The van der Waals surface area contributed by atoms with Crippen molar-refractivity contribution < 1.29 is 0 Å². The molecule has 2 aliphatic carbocycles. The monoisotopic (exact) mass is 299 g/mol. The van der Waals surface area contributed by atoms with Crippen LogP contribution in [-0.4, -0.2) is 15.0 Å². The van der Waals surface area contributed by atoms with Crippen LogP contribution < -0.4 is 0 Å². The molecular formula is C17H18ClN3. The number of aromatic nitrogens is 3. The van der Waals surface area contributed by atoms with E-state index < -0.39 is 0 Å². The lowest BCUT2D eigenvalue weighted by Crippen LogP contribution is -2.16. The van der Waals surface area contributed by atoms with Gasteiger partial charge in [0.25, 0.3) is 0 Å². The standard InChI is InChI=1S/C17H18ClN3/c1-10-14(20-17(12-7-8-12)21-16(10)18)13-6-2-4-11-5-3-9-19-15(11)13/h3,5,9,12-13H,2,4,6-8H2,1H3. The van der Waals surface area contributed by atoms with E-state index in [9.17, 15) is 0 Å². The fourth-order valence-corrected chi connectivity index (χ4v) is 3.44. The quantitative estimate of drug-likeness (QED) is 0.781. The van der Waals surface area contributed by atoms with Crippen LogP contribution in [0.4, 0.5) is 0 Å². The highest BCUT2D eigenvalue weighted by atomic mass is 35.5. The van der Waals surface area contributed by atoms with Crippen molar-refractivity contribution in [1.82, 2.24) is 15.0 Å². The van der Waals surface area contributed by atoms with Gasteiger partial charge in [-0.1, -0.05) is 17.7 Å². The summed E-state index contributed by atoms with van der Waals surface area (Å²) in [5, 5.41) is 0.616. The first-order valence-corrected chi connectivity index (χ1v) is 8.09. The van der Waals surface area contributed by atoms with Crippen molar-refractivity contribution in [1.29, 1.82) is 0 Å². The highest BCUT2D eigenvalue weighted by molar-refractivity contribution is 6.30. The van der Waals surface area contributed by atoms with Crippen molar-refractivity contribution in [2.75, 3.05) is 0 Å². The molecule has 1 atom stereocenters. The van der Waals surface area contributed by atoms with Crippen LogP contribution >= 0.6 is 11.6 Å². The second-order valence-electron chi connectivity index (χ2n) is 6.15. The van der Waals surface area contributed by atoms with Gasteiger partial charge < -0.3 is 0 Å². The van der Waals surface area contributed by atoms with Crippen LogP contribution in [0.15, 0.2) is 18.3 Å². The molecule has 0 bridgehead atoms. The Morgan fingerprint density at radius 3 is 2.81 bits per heavy atom. The molecule has 108 valence electrons. The Morgan fingerprint density at radius 1 is 1.14 bits per heavy atom. The van der Waals surface area contributed by atoms with Gasteiger partial charge in [-0.3, -0.25) is 4.98 Å². The topological polar surface area (TPSA) is 38.7 Å². The zero-order valence-electron chi connectivity index (χ0n) is 12.1. The Morgan fingerprint density at radius 2 is 2.00 bits per heavy atom. The van der Waals surface area contributed by atoms with E-state index in [-0.39, 0.29) is 5.92 Å². The van der Waals surface area contributed by atoms with E-state index in [1.807, 2.05) is 19.2 Å². The van der Waals surface area contributed by atoms with Crippen molar-refractivity contribution in [3.63, 3.8) is 0 Å². The van der Waals surface area contributed by atoms with Crippen LogP contribution in [0.1, 0.15) is 65.9 Å².